The summed E-state index contributed by atoms with van der Waals surface area (Å²) in [6.45, 7) is 8.67. The number of aryl methyl sites for hydroxylation is 2. The maximum Gasteiger partial charge on any atom is 0.229 e. The van der Waals surface area contributed by atoms with Crippen LogP contribution in [0.3, 0.4) is 0 Å². The number of aromatic nitrogens is 2. The molecule has 2 saturated heterocycles. The second-order valence-electron chi connectivity index (χ2n) is 8.31. The van der Waals surface area contributed by atoms with Crippen LogP contribution in [0.2, 0.25) is 5.02 Å². The van der Waals surface area contributed by atoms with E-state index in [9.17, 15) is 0 Å². The summed E-state index contributed by atoms with van der Waals surface area (Å²) in [4.78, 5) is 18.3. The van der Waals surface area contributed by atoms with E-state index in [-0.39, 0.29) is 6.10 Å². The Morgan fingerprint density at radius 1 is 1.15 bits per heavy atom. The molecule has 1 unspecified atom stereocenters. The van der Waals surface area contributed by atoms with E-state index >= 15 is 0 Å². The normalized spacial score (nSPS) is 19.0. The Kier molecular flexibility index (Phi) is 7.95. The van der Waals surface area contributed by atoms with Gasteiger partial charge in [0.1, 0.15) is 0 Å². The monoisotopic (exact) mass is 487 g/mol. The Bertz CT molecular complexity index is 967. The third-order valence-corrected chi connectivity index (χ3v) is 6.18. The largest absolute Gasteiger partial charge is 0.376 e. The van der Waals surface area contributed by atoms with Crippen molar-refractivity contribution in [1.82, 2.24) is 20.2 Å². The number of rotatable bonds is 4. The molecule has 4 rings (SSSR count). The van der Waals surface area contributed by atoms with Gasteiger partial charge in [0.25, 0.3) is 0 Å². The first kappa shape index (κ1) is 23.7. The predicted octanol–water partition coefficient (Wildman–Crippen LogP) is 3.39. The lowest BCUT2D eigenvalue weighted by molar-refractivity contribution is 0.114. The molecule has 3 heterocycles. The molecule has 0 spiro atoms. The second kappa shape index (κ2) is 11.1. The van der Waals surface area contributed by atoms with Crippen LogP contribution in [-0.4, -0.2) is 71.4 Å². The van der Waals surface area contributed by atoms with Crippen molar-refractivity contribution < 1.29 is 4.74 Å². The van der Waals surface area contributed by atoms with E-state index in [4.69, 9.17) is 33.5 Å². The van der Waals surface area contributed by atoms with Gasteiger partial charge in [-0.2, -0.15) is 4.99 Å². The zero-order valence-electron chi connectivity index (χ0n) is 19.1. The molecule has 2 fully saturated rings. The summed E-state index contributed by atoms with van der Waals surface area (Å²) < 4.78 is 5.68. The van der Waals surface area contributed by atoms with Gasteiger partial charge in [-0.05, 0) is 69.2 Å². The molecule has 0 amide bonds. The van der Waals surface area contributed by atoms with Crippen LogP contribution in [0.25, 0.3) is 0 Å². The quantitative estimate of drug-likeness (QED) is 0.386. The standard InChI is InChI=1S/C23H30ClN7OS/c1-16-14-17(2)27-21(26-16)28-22(29-23(33)25-15-20-4-3-13-32-20)31-11-9-30(10-12-31)19-7-5-18(24)6-8-19/h5-8,14,20H,3-4,9-13,15H2,1-2H3,(H2,25,26,27,28,29,33). The lowest BCUT2D eigenvalue weighted by Crippen LogP contribution is -2.51. The molecule has 2 aromatic rings. The average Bonchev–Trinajstić information content (AvgIpc) is 3.31. The maximum absolute atomic E-state index is 6.04. The van der Waals surface area contributed by atoms with Crippen molar-refractivity contribution in [3.8, 4) is 0 Å². The molecule has 2 aliphatic rings. The van der Waals surface area contributed by atoms with Crippen LogP contribution in [0, 0.1) is 13.8 Å². The van der Waals surface area contributed by atoms with E-state index in [0.29, 0.717) is 23.6 Å². The third-order valence-electron chi connectivity index (χ3n) is 5.69. The van der Waals surface area contributed by atoms with Crippen LogP contribution in [0.5, 0.6) is 0 Å². The molecular weight excluding hydrogens is 458 g/mol. The Morgan fingerprint density at radius 3 is 2.48 bits per heavy atom. The molecule has 0 aliphatic carbocycles. The number of ether oxygens (including phenoxy) is 1. The fourth-order valence-corrected chi connectivity index (χ4v) is 4.33. The van der Waals surface area contributed by atoms with E-state index in [2.05, 4.69) is 42.5 Å². The van der Waals surface area contributed by atoms with Crippen LogP contribution in [0.15, 0.2) is 35.3 Å². The third kappa shape index (κ3) is 6.75. The maximum atomic E-state index is 6.04. The van der Waals surface area contributed by atoms with Gasteiger partial charge in [0.15, 0.2) is 5.11 Å². The number of hydrogen-bond acceptors (Lipinski definition) is 5. The second-order valence-corrected chi connectivity index (χ2v) is 9.13. The minimum absolute atomic E-state index is 0.195. The molecule has 10 heteroatoms. The molecule has 2 aliphatic heterocycles. The van der Waals surface area contributed by atoms with E-state index in [0.717, 1.165) is 67.7 Å². The van der Waals surface area contributed by atoms with Gasteiger partial charge < -0.3 is 19.9 Å². The summed E-state index contributed by atoms with van der Waals surface area (Å²) in [5, 5.41) is 7.71. The number of anilines is 2. The number of nitrogens with one attached hydrogen (secondary N) is 2. The van der Waals surface area contributed by atoms with E-state index in [1.807, 2.05) is 32.0 Å². The lowest BCUT2D eigenvalue weighted by Gasteiger charge is -2.37. The first-order valence-electron chi connectivity index (χ1n) is 11.3. The van der Waals surface area contributed by atoms with Crippen LogP contribution >= 0.6 is 23.8 Å². The van der Waals surface area contributed by atoms with Gasteiger partial charge in [0.05, 0.1) is 6.10 Å². The minimum atomic E-state index is 0.195. The van der Waals surface area contributed by atoms with Crippen LogP contribution in [-0.2, 0) is 4.74 Å². The summed E-state index contributed by atoms with van der Waals surface area (Å²) in [5.74, 6) is 1.17. The Morgan fingerprint density at radius 2 is 1.85 bits per heavy atom. The molecule has 176 valence electrons. The molecule has 33 heavy (non-hydrogen) atoms. The van der Waals surface area contributed by atoms with Gasteiger partial charge in [-0.25, -0.2) is 9.97 Å². The zero-order valence-corrected chi connectivity index (χ0v) is 20.6. The fourth-order valence-electron chi connectivity index (χ4n) is 4.03. The summed E-state index contributed by atoms with van der Waals surface area (Å²) in [6, 6.07) is 9.90. The van der Waals surface area contributed by atoms with Gasteiger partial charge in [-0.3, -0.25) is 5.32 Å². The highest BCUT2D eigenvalue weighted by Gasteiger charge is 2.22. The number of hydrogen-bond donors (Lipinski definition) is 2. The highest BCUT2D eigenvalue weighted by Crippen LogP contribution is 2.20. The molecule has 1 atom stereocenters. The van der Waals surface area contributed by atoms with Crippen molar-refractivity contribution >= 4 is 46.5 Å². The van der Waals surface area contributed by atoms with Crippen molar-refractivity contribution in [2.24, 2.45) is 4.99 Å². The first-order valence-corrected chi connectivity index (χ1v) is 12.1. The van der Waals surface area contributed by atoms with Crippen molar-refractivity contribution in [1.29, 1.82) is 0 Å². The van der Waals surface area contributed by atoms with Crippen LogP contribution in [0.1, 0.15) is 24.2 Å². The van der Waals surface area contributed by atoms with E-state index < -0.39 is 0 Å². The summed E-state index contributed by atoms with van der Waals surface area (Å²) >= 11 is 11.6. The number of benzene rings is 1. The first-order chi connectivity index (χ1) is 16.0. The SMILES string of the molecule is Cc1cc(C)nc(N/C(=N/C(=S)NCC2CCCO2)N2CCN(c3ccc(Cl)cc3)CC2)n1. The number of guanidine groups is 1. The molecule has 0 saturated carbocycles. The number of aliphatic imine (C=N–C) groups is 1. The van der Waals surface area contributed by atoms with E-state index in [1.165, 1.54) is 0 Å². The highest BCUT2D eigenvalue weighted by molar-refractivity contribution is 7.80. The Hall–Kier alpha value is -2.49. The van der Waals surface area contributed by atoms with Crippen molar-refractivity contribution in [2.45, 2.75) is 32.8 Å². The number of piperazine rings is 1. The van der Waals surface area contributed by atoms with Crippen LogP contribution < -0.4 is 15.5 Å². The number of thiocarbonyl (C=S) groups is 1. The Labute approximate surface area is 205 Å². The van der Waals surface area contributed by atoms with Crippen molar-refractivity contribution in [3.63, 3.8) is 0 Å². The van der Waals surface area contributed by atoms with Gasteiger partial charge in [0, 0.05) is 61.4 Å². The summed E-state index contributed by atoms with van der Waals surface area (Å²) in [7, 11) is 0. The smallest absolute Gasteiger partial charge is 0.229 e. The van der Waals surface area contributed by atoms with Crippen molar-refractivity contribution in [2.75, 3.05) is 49.5 Å². The molecule has 0 radical (unpaired) electrons. The molecular formula is C23H30ClN7OS. The predicted molar refractivity (Wildman–Crippen MR) is 137 cm³/mol. The molecule has 2 N–H and O–H groups in total. The number of halogens is 1. The molecule has 1 aromatic carbocycles. The summed E-state index contributed by atoms with van der Waals surface area (Å²) in [5.41, 5.74) is 2.96. The topological polar surface area (TPSA) is 77.9 Å². The zero-order chi connectivity index (χ0) is 23.2. The van der Waals surface area contributed by atoms with E-state index in [1.54, 1.807) is 0 Å². The van der Waals surface area contributed by atoms with Gasteiger partial charge in [-0.1, -0.05) is 11.6 Å². The molecule has 1 aromatic heterocycles. The van der Waals surface area contributed by atoms with Crippen molar-refractivity contribution in [3.05, 3.63) is 46.7 Å². The molecule has 0 bridgehead atoms. The Balaban J connectivity index is 1.45. The van der Waals surface area contributed by atoms with Gasteiger partial charge in [0.2, 0.25) is 11.9 Å². The molecule has 8 nitrogen and oxygen atoms in total. The lowest BCUT2D eigenvalue weighted by atomic mass is 10.2. The highest BCUT2D eigenvalue weighted by atomic mass is 35.5. The average molecular weight is 488 g/mol. The van der Waals surface area contributed by atoms with Gasteiger partial charge >= 0.3 is 0 Å². The summed E-state index contributed by atoms with van der Waals surface area (Å²) in [6.07, 6.45) is 2.34. The van der Waals surface area contributed by atoms with Crippen LogP contribution in [0.4, 0.5) is 11.6 Å². The van der Waals surface area contributed by atoms with Gasteiger partial charge in [-0.15, -0.1) is 0 Å². The minimum Gasteiger partial charge on any atom is -0.376 e. The fraction of sp³-hybridized carbons (Fsp3) is 0.478. The number of nitrogens with zero attached hydrogens (tertiary/aromatic N) is 5.